The van der Waals surface area contributed by atoms with Gasteiger partial charge in [0.05, 0.1) is 34.9 Å². The van der Waals surface area contributed by atoms with Gasteiger partial charge in [0.2, 0.25) is 21.8 Å². The molecule has 3 amide bonds. The minimum atomic E-state index is -3.93. The monoisotopic (exact) mass is 763 g/mol. The second-order valence-electron chi connectivity index (χ2n) is 15.8. The van der Waals surface area contributed by atoms with E-state index in [1.54, 1.807) is 26.0 Å². The molecule has 0 radical (unpaired) electrons. The highest BCUT2D eigenvalue weighted by atomic mass is 32.2. The molecule has 53 heavy (non-hydrogen) atoms. The first-order chi connectivity index (χ1) is 25.2. The van der Waals surface area contributed by atoms with Crippen LogP contribution in [0.25, 0.3) is 21.6 Å². The summed E-state index contributed by atoms with van der Waals surface area (Å²) in [4.78, 5) is 53.7. The predicted molar refractivity (Wildman–Crippen MR) is 203 cm³/mol. The molecule has 7 rings (SSSR count). The van der Waals surface area contributed by atoms with Crippen molar-refractivity contribution in [1.82, 2.24) is 24.9 Å². The van der Waals surface area contributed by atoms with Gasteiger partial charge >= 0.3 is 0 Å². The van der Waals surface area contributed by atoms with Crippen LogP contribution in [0.3, 0.4) is 0 Å². The molecule has 0 spiro atoms. The predicted octanol–water partition coefficient (Wildman–Crippen LogP) is 5.64. The van der Waals surface area contributed by atoms with Crippen molar-refractivity contribution in [3.63, 3.8) is 0 Å². The van der Waals surface area contributed by atoms with Crippen LogP contribution in [0.1, 0.15) is 89.3 Å². The molecule has 0 unspecified atom stereocenters. The smallest absolute Gasteiger partial charge is 0.259 e. The normalized spacial score (nSPS) is 27.7. The number of methoxy groups -OCH3 is 1. The fraction of sp³-hybridized carbons (Fsp3) is 0.564. The van der Waals surface area contributed by atoms with Crippen LogP contribution in [0.15, 0.2) is 35.7 Å². The van der Waals surface area contributed by atoms with Gasteiger partial charge in [0, 0.05) is 41.9 Å². The number of ether oxygens (including phenoxy) is 2. The number of hydrogen-bond acceptors (Lipinski definition) is 10. The van der Waals surface area contributed by atoms with Crippen LogP contribution in [0, 0.1) is 24.7 Å². The van der Waals surface area contributed by atoms with Crippen molar-refractivity contribution in [3.8, 4) is 22.2 Å². The summed E-state index contributed by atoms with van der Waals surface area (Å²) in [5.41, 5.74) is 1.77. The van der Waals surface area contributed by atoms with Gasteiger partial charge in [0.1, 0.15) is 33.8 Å². The highest BCUT2D eigenvalue weighted by Crippen LogP contribution is 2.48. The SMILES string of the molecule is COc1ccc2c(O[C@@H]3C[C@H]4C(=O)N[C@]5(C(=O)NS(=O)(=O)C6(C)CC6)C[C@H]5/C=C\CCCCN(C)C(=O)[C@@H]4C3)cc(-c3nc(C(C)C)cs3)nc2c1C. The molecule has 2 aromatic heterocycles. The number of sulfonamides is 1. The number of allylic oxidation sites excluding steroid dienone is 1. The first-order valence-corrected chi connectivity index (χ1v) is 20.9. The number of rotatable bonds is 8. The summed E-state index contributed by atoms with van der Waals surface area (Å²) in [6.45, 7) is 8.31. The van der Waals surface area contributed by atoms with E-state index >= 15 is 0 Å². The molecule has 3 fully saturated rings. The first kappa shape index (κ1) is 37.3. The van der Waals surface area contributed by atoms with Crippen LogP contribution in [0.5, 0.6) is 11.5 Å². The lowest BCUT2D eigenvalue weighted by Crippen LogP contribution is -2.55. The van der Waals surface area contributed by atoms with Crippen molar-refractivity contribution in [2.24, 2.45) is 17.8 Å². The van der Waals surface area contributed by atoms with Gasteiger partial charge in [-0.2, -0.15) is 0 Å². The zero-order valence-corrected chi connectivity index (χ0v) is 32.9. The highest BCUT2D eigenvalue weighted by molar-refractivity contribution is 7.91. The molecule has 14 heteroatoms. The third-order valence-corrected chi connectivity index (χ3v) is 14.7. The van der Waals surface area contributed by atoms with E-state index in [-0.39, 0.29) is 30.6 Å². The number of nitrogens with one attached hydrogen (secondary N) is 2. The lowest BCUT2D eigenvalue weighted by atomic mass is 9.93. The summed E-state index contributed by atoms with van der Waals surface area (Å²) < 4.78 is 39.9. The van der Waals surface area contributed by atoms with E-state index in [0.717, 1.165) is 40.9 Å². The number of nitrogens with zero attached hydrogens (tertiary/aromatic N) is 3. The maximum Gasteiger partial charge on any atom is 0.259 e. The molecule has 4 aliphatic rings. The number of amides is 3. The highest BCUT2D eigenvalue weighted by Gasteiger charge is 2.63. The fourth-order valence-corrected chi connectivity index (χ4v) is 9.90. The molecule has 3 aliphatic carbocycles. The van der Waals surface area contributed by atoms with E-state index in [9.17, 15) is 22.8 Å². The number of aromatic nitrogens is 2. The molecule has 5 atom stereocenters. The van der Waals surface area contributed by atoms with E-state index in [1.807, 2.05) is 42.7 Å². The fourth-order valence-electron chi connectivity index (χ4n) is 7.65. The van der Waals surface area contributed by atoms with Crippen LogP contribution in [0.2, 0.25) is 0 Å². The van der Waals surface area contributed by atoms with Crippen LogP contribution in [0.4, 0.5) is 0 Å². The molecule has 0 bridgehead atoms. The Kier molecular flexibility index (Phi) is 9.84. The van der Waals surface area contributed by atoms with Crippen molar-refractivity contribution in [3.05, 3.63) is 47.0 Å². The van der Waals surface area contributed by atoms with E-state index in [1.165, 1.54) is 11.3 Å². The molecule has 284 valence electrons. The lowest BCUT2D eigenvalue weighted by molar-refractivity contribution is -0.140. The van der Waals surface area contributed by atoms with Gasteiger partial charge in [0.15, 0.2) is 0 Å². The summed E-state index contributed by atoms with van der Waals surface area (Å²) in [5, 5.41) is 6.54. The maximum absolute atomic E-state index is 14.3. The van der Waals surface area contributed by atoms with Crippen LogP contribution >= 0.6 is 11.3 Å². The summed E-state index contributed by atoms with van der Waals surface area (Å²) in [5.74, 6) is -1.67. The van der Waals surface area contributed by atoms with Gasteiger partial charge < -0.3 is 19.7 Å². The molecule has 1 aromatic carbocycles. The molecular weight excluding hydrogens is 715 g/mol. The topological polar surface area (TPSA) is 157 Å². The van der Waals surface area contributed by atoms with Gasteiger partial charge in [-0.25, -0.2) is 18.4 Å². The van der Waals surface area contributed by atoms with Crippen molar-refractivity contribution in [2.75, 3.05) is 20.7 Å². The summed E-state index contributed by atoms with van der Waals surface area (Å²) in [6.07, 6.45) is 7.52. The number of pyridine rings is 1. The second kappa shape index (κ2) is 14.0. The number of thiazole rings is 1. The third-order valence-electron chi connectivity index (χ3n) is 11.6. The Morgan fingerprint density at radius 3 is 2.57 bits per heavy atom. The number of aryl methyl sites for hydroxylation is 1. The Morgan fingerprint density at radius 1 is 1.11 bits per heavy atom. The molecule has 3 heterocycles. The third kappa shape index (κ3) is 7.04. The molecule has 1 aliphatic heterocycles. The summed E-state index contributed by atoms with van der Waals surface area (Å²) >= 11 is 1.51. The summed E-state index contributed by atoms with van der Waals surface area (Å²) in [7, 11) is -0.544. The van der Waals surface area contributed by atoms with Crippen molar-refractivity contribution >= 4 is 50.0 Å². The molecular formula is C39H49N5O7S2. The van der Waals surface area contributed by atoms with Crippen molar-refractivity contribution < 1.29 is 32.3 Å². The molecule has 2 N–H and O–H groups in total. The minimum Gasteiger partial charge on any atom is -0.496 e. The lowest BCUT2D eigenvalue weighted by Gasteiger charge is -2.27. The van der Waals surface area contributed by atoms with Gasteiger partial charge in [-0.1, -0.05) is 26.0 Å². The Labute approximate surface area is 315 Å². The Bertz CT molecular complexity index is 2090. The average Bonchev–Trinajstić information content (AvgIpc) is 3.89. The van der Waals surface area contributed by atoms with E-state index in [4.69, 9.17) is 19.4 Å². The Morgan fingerprint density at radius 2 is 1.87 bits per heavy atom. The minimum absolute atomic E-state index is 0.149. The van der Waals surface area contributed by atoms with Crippen LogP contribution < -0.4 is 19.5 Å². The Hall–Kier alpha value is -4.04. The van der Waals surface area contributed by atoms with E-state index in [0.29, 0.717) is 48.5 Å². The number of carbonyl (C=O) groups excluding carboxylic acids is 3. The van der Waals surface area contributed by atoms with E-state index in [2.05, 4.69) is 23.9 Å². The molecule has 3 aromatic rings. The quantitative estimate of drug-likeness (QED) is 0.277. The number of benzene rings is 1. The van der Waals surface area contributed by atoms with Gasteiger partial charge in [-0.3, -0.25) is 19.1 Å². The largest absolute Gasteiger partial charge is 0.496 e. The van der Waals surface area contributed by atoms with Crippen LogP contribution in [-0.4, -0.2) is 78.1 Å². The van der Waals surface area contributed by atoms with Gasteiger partial charge in [0.25, 0.3) is 5.91 Å². The zero-order valence-electron chi connectivity index (χ0n) is 31.2. The standard InChI is InChI=1S/C39H49N5O7S2/c1-22(2)30-21-52-35(41-30)29-19-32(26-12-13-31(50-6)23(3)33(26)40-29)51-25-17-27-28(18-25)36(46)44(5)16-10-8-7-9-11-24-20-39(24,42-34(27)45)37(47)43-53(48,49)38(4)14-15-38/h9,11-13,19,21-22,24-25,27-28H,7-8,10,14-18,20H2,1-6H3,(H,42,45)(H,43,47)/b11-9-/t24-,25-,27-,28-,39-/m1/s1. The van der Waals surface area contributed by atoms with E-state index < -0.39 is 50.1 Å². The van der Waals surface area contributed by atoms with Gasteiger partial charge in [-0.15, -0.1) is 11.3 Å². The number of fused-ring (bicyclic) bond motifs is 3. The second-order valence-corrected chi connectivity index (χ2v) is 18.8. The summed E-state index contributed by atoms with van der Waals surface area (Å²) in [6, 6.07) is 5.66. The molecule has 3 saturated carbocycles. The zero-order chi connectivity index (χ0) is 37.9. The number of hydrogen-bond donors (Lipinski definition) is 2. The maximum atomic E-state index is 14.3. The average molecular weight is 764 g/mol. The van der Waals surface area contributed by atoms with Gasteiger partial charge in [-0.05, 0) is 83.3 Å². The molecule has 0 saturated heterocycles. The van der Waals surface area contributed by atoms with Crippen molar-refractivity contribution in [1.29, 1.82) is 0 Å². The van der Waals surface area contributed by atoms with Crippen LogP contribution in [-0.2, 0) is 24.4 Å². The first-order valence-electron chi connectivity index (χ1n) is 18.6. The van der Waals surface area contributed by atoms with Crippen molar-refractivity contribution in [2.45, 2.75) is 101 Å². The molecule has 12 nitrogen and oxygen atoms in total. The Balaban J connectivity index is 1.21. The number of carbonyl (C=O) groups is 3.